The number of benzene rings is 10. The van der Waals surface area contributed by atoms with E-state index in [1.807, 2.05) is 0 Å². The van der Waals surface area contributed by atoms with Crippen LogP contribution in [-0.2, 0) is 5.41 Å². The Bertz CT molecular complexity index is 3520. The number of para-hydroxylation sites is 3. The monoisotopic (exact) mass is 804 g/mol. The molecule has 0 fully saturated rings. The van der Waals surface area contributed by atoms with Crippen molar-refractivity contribution < 1.29 is 0 Å². The Kier molecular flexibility index (Phi) is 8.55. The normalized spacial score (nSPS) is 12.7. The zero-order chi connectivity index (χ0) is 42.1. The van der Waals surface area contributed by atoms with Crippen LogP contribution >= 0.6 is 0 Å². The van der Waals surface area contributed by atoms with Gasteiger partial charge in [0, 0.05) is 38.8 Å². The van der Waals surface area contributed by atoms with Crippen molar-refractivity contribution in [1.82, 2.24) is 4.57 Å². The average molecular weight is 805 g/mol. The molecular weight excluding hydrogens is 761 g/mol. The van der Waals surface area contributed by atoms with Gasteiger partial charge in [0.05, 0.1) is 16.7 Å². The van der Waals surface area contributed by atoms with Crippen LogP contribution in [0.5, 0.6) is 0 Å². The molecule has 2 heteroatoms. The van der Waals surface area contributed by atoms with Gasteiger partial charge in [0.25, 0.3) is 0 Å². The summed E-state index contributed by atoms with van der Waals surface area (Å²) in [6, 6.07) is 84.7. The van der Waals surface area contributed by atoms with Crippen molar-refractivity contribution >= 4 is 49.6 Å². The second-order valence-corrected chi connectivity index (χ2v) is 17.3. The Morgan fingerprint density at radius 1 is 0.365 bits per heavy atom. The molecule has 1 aromatic heterocycles. The van der Waals surface area contributed by atoms with Crippen molar-refractivity contribution in [3.8, 4) is 50.2 Å². The Labute approximate surface area is 368 Å². The quantitative estimate of drug-likeness (QED) is 0.156. The predicted molar refractivity (Wildman–Crippen MR) is 267 cm³/mol. The van der Waals surface area contributed by atoms with Gasteiger partial charge >= 0.3 is 0 Å². The standard InChI is InChI=1S/C61H44N2/c1-61(2)55-28-12-9-23-49(55)50-37-36-47(40-56(50)61)62(57-29-13-10-24-51(57)53-27-16-20-43-19-15-26-48(60(43)53)42-17-5-3-6-18-42)46-34-31-41(32-35-46)44-33-38-59-54(39-44)52-25-11-14-30-58(52)63(59)45-21-7-4-8-22-45/h3-40H,1-2H3. The largest absolute Gasteiger partial charge is 0.310 e. The van der Waals surface area contributed by atoms with Gasteiger partial charge in [-0.1, -0.05) is 184 Å². The minimum Gasteiger partial charge on any atom is -0.310 e. The fourth-order valence-corrected chi connectivity index (χ4v) is 10.4. The van der Waals surface area contributed by atoms with Crippen LogP contribution in [0.2, 0.25) is 0 Å². The van der Waals surface area contributed by atoms with Gasteiger partial charge in [-0.2, -0.15) is 0 Å². The Balaban J connectivity index is 1.03. The van der Waals surface area contributed by atoms with Gasteiger partial charge in [-0.25, -0.2) is 0 Å². The van der Waals surface area contributed by atoms with E-state index >= 15 is 0 Å². The van der Waals surface area contributed by atoms with Gasteiger partial charge < -0.3 is 9.47 Å². The van der Waals surface area contributed by atoms with Gasteiger partial charge in [0.15, 0.2) is 0 Å². The van der Waals surface area contributed by atoms with E-state index in [-0.39, 0.29) is 5.41 Å². The molecule has 0 N–H and O–H groups in total. The van der Waals surface area contributed by atoms with Crippen molar-refractivity contribution in [1.29, 1.82) is 0 Å². The third-order valence-corrected chi connectivity index (χ3v) is 13.4. The number of fused-ring (bicyclic) bond motifs is 7. The molecule has 0 amide bonds. The molecule has 0 aliphatic heterocycles. The van der Waals surface area contributed by atoms with Gasteiger partial charge in [-0.05, 0) is 122 Å². The molecule has 2 nitrogen and oxygen atoms in total. The van der Waals surface area contributed by atoms with Crippen LogP contribution in [0.15, 0.2) is 231 Å². The summed E-state index contributed by atoms with van der Waals surface area (Å²) in [6.45, 7) is 4.73. The maximum absolute atomic E-state index is 2.47. The van der Waals surface area contributed by atoms with E-state index in [1.165, 1.54) is 93.9 Å². The maximum Gasteiger partial charge on any atom is 0.0541 e. The van der Waals surface area contributed by atoms with E-state index in [9.17, 15) is 0 Å². The molecule has 10 aromatic carbocycles. The smallest absolute Gasteiger partial charge is 0.0541 e. The first-order chi connectivity index (χ1) is 31.0. The van der Waals surface area contributed by atoms with Crippen molar-refractivity contribution in [3.05, 3.63) is 242 Å². The summed E-state index contributed by atoms with van der Waals surface area (Å²) in [5.41, 5.74) is 19.4. The number of aromatic nitrogens is 1. The molecule has 1 heterocycles. The lowest BCUT2D eigenvalue weighted by atomic mass is 9.82. The zero-order valence-electron chi connectivity index (χ0n) is 35.3. The Morgan fingerprint density at radius 3 is 1.78 bits per heavy atom. The molecule has 63 heavy (non-hydrogen) atoms. The second-order valence-electron chi connectivity index (χ2n) is 17.3. The Hall–Kier alpha value is -7.94. The SMILES string of the molecule is CC1(C)c2ccccc2-c2ccc(N(c3ccc(-c4ccc5c(c4)c4ccccc4n5-c4ccccc4)cc3)c3ccccc3-c3cccc4cccc(-c5ccccc5)c34)cc21. The molecule has 0 radical (unpaired) electrons. The van der Waals surface area contributed by atoms with Crippen LogP contribution in [0, 0.1) is 0 Å². The minimum atomic E-state index is -0.139. The fraction of sp³-hybridized carbons (Fsp3) is 0.0492. The molecule has 0 atom stereocenters. The molecule has 0 unspecified atom stereocenters. The molecule has 0 spiro atoms. The van der Waals surface area contributed by atoms with E-state index in [4.69, 9.17) is 0 Å². The maximum atomic E-state index is 2.47. The molecule has 0 saturated heterocycles. The number of hydrogen-bond acceptors (Lipinski definition) is 1. The van der Waals surface area contributed by atoms with Crippen molar-refractivity contribution in [3.63, 3.8) is 0 Å². The number of hydrogen-bond donors (Lipinski definition) is 0. The first-order valence-corrected chi connectivity index (χ1v) is 21.9. The molecule has 0 bridgehead atoms. The molecule has 298 valence electrons. The summed E-state index contributed by atoms with van der Waals surface area (Å²) in [7, 11) is 0. The van der Waals surface area contributed by atoms with Crippen LogP contribution in [0.25, 0.3) is 82.8 Å². The first-order valence-electron chi connectivity index (χ1n) is 21.9. The summed E-state index contributed by atoms with van der Waals surface area (Å²) in [5.74, 6) is 0. The van der Waals surface area contributed by atoms with Crippen LogP contribution in [0.1, 0.15) is 25.0 Å². The fourth-order valence-electron chi connectivity index (χ4n) is 10.4. The summed E-state index contributed by atoms with van der Waals surface area (Å²) >= 11 is 0. The summed E-state index contributed by atoms with van der Waals surface area (Å²) in [5, 5.41) is 4.98. The molecule has 12 rings (SSSR count). The second kappa shape index (κ2) is 14.6. The molecular formula is C61H44N2. The van der Waals surface area contributed by atoms with Crippen LogP contribution in [-0.4, -0.2) is 4.57 Å². The Morgan fingerprint density at radius 2 is 0.968 bits per heavy atom. The van der Waals surface area contributed by atoms with E-state index in [1.54, 1.807) is 0 Å². The van der Waals surface area contributed by atoms with Crippen molar-refractivity contribution in [2.24, 2.45) is 0 Å². The van der Waals surface area contributed by atoms with E-state index < -0.39 is 0 Å². The highest BCUT2D eigenvalue weighted by Gasteiger charge is 2.36. The summed E-state index contributed by atoms with van der Waals surface area (Å²) in [4.78, 5) is 2.47. The molecule has 1 aliphatic rings. The third-order valence-electron chi connectivity index (χ3n) is 13.4. The number of rotatable bonds is 7. The summed E-state index contributed by atoms with van der Waals surface area (Å²) < 4.78 is 2.38. The lowest BCUT2D eigenvalue weighted by Crippen LogP contribution is -2.16. The zero-order valence-corrected chi connectivity index (χ0v) is 35.3. The number of anilines is 3. The van der Waals surface area contributed by atoms with E-state index in [0.29, 0.717) is 0 Å². The topological polar surface area (TPSA) is 8.17 Å². The van der Waals surface area contributed by atoms with Gasteiger partial charge in [0.1, 0.15) is 0 Å². The highest BCUT2D eigenvalue weighted by molar-refractivity contribution is 6.11. The van der Waals surface area contributed by atoms with Gasteiger partial charge in [0.2, 0.25) is 0 Å². The minimum absolute atomic E-state index is 0.139. The van der Waals surface area contributed by atoms with Crippen molar-refractivity contribution in [2.75, 3.05) is 4.90 Å². The lowest BCUT2D eigenvalue weighted by molar-refractivity contribution is 0.660. The van der Waals surface area contributed by atoms with Crippen LogP contribution in [0.4, 0.5) is 17.1 Å². The highest BCUT2D eigenvalue weighted by atomic mass is 15.1. The van der Waals surface area contributed by atoms with Gasteiger partial charge in [-0.3, -0.25) is 0 Å². The molecule has 1 aliphatic carbocycles. The van der Waals surface area contributed by atoms with Crippen LogP contribution in [0.3, 0.4) is 0 Å². The highest BCUT2D eigenvalue weighted by Crippen LogP contribution is 2.52. The predicted octanol–water partition coefficient (Wildman–Crippen LogP) is 16.7. The lowest BCUT2D eigenvalue weighted by Gasteiger charge is -2.30. The van der Waals surface area contributed by atoms with E-state index in [2.05, 4.69) is 254 Å². The summed E-state index contributed by atoms with van der Waals surface area (Å²) in [6.07, 6.45) is 0. The van der Waals surface area contributed by atoms with E-state index in [0.717, 1.165) is 17.1 Å². The van der Waals surface area contributed by atoms with Gasteiger partial charge in [-0.15, -0.1) is 0 Å². The average Bonchev–Trinajstić information content (AvgIpc) is 3.80. The van der Waals surface area contributed by atoms with Crippen molar-refractivity contribution in [2.45, 2.75) is 19.3 Å². The first kappa shape index (κ1) is 36.9. The third kappa shape index (κ3) is 5.94. The molecule has 0 saturated carbocycles. The molecule has 11 aromatic rings. The van der Waals surface area contributed by atoms with Crippen LogP contribution < -0.4 is 4.90 Å². The number of nitrogens with zero attached hydrogens (tertiary/aromatic N) is 2.